The Hall–Kier alpha value is -2.43. The van der Waals surface area contributed by atoms with Gasteiger partial charge in [-0.25, -0.2) is 13.8 Å². The smallest absolute Gasteiger partial charge is 0.248 e. The number of rotatable bonds is 9. The topological polar surface area (TPSA) is 77.6 Å². The van der Waals surface area contributed by atoms with E-state index in [0.29, 0.717) is 18.0 Å². The van der Waals surface area contributed by atoms with Crippen LogP contribution in [0.15, 0.2) is 18.2 Å². The lowest BCUT2D eigenvalue weighted by Gasteiger charge is -2.36. The summed E-state index contributed by atoms with van der Waals surface area (Å²) in [6.45, 7) is 10.0. The molecule has 3 rings (SSSR count). The van der Waals surface area contributed by atoms with Gasteiger partial charge in [0.2, 0.25) is 11.8 Å². The van der Waals surface area contributed by atoms with E-state index in [1.54, 1.807) is 0 Å². The zero-order valence-electron chi connectivity index (χ0n) is 20.2. The summed E-state index contributed by atoms with van der Waals surface area (Å²) < 4.78 is 26.8. The van der Waals surface area contributed by atoms with Gasteiger partial charge in [0.15, 0.2) is 5.13 Å². The number of likely N-dealkylation sites (N-methyl/N-ethyl adjacent to an activating group) is 1. The number of benzene rings is 1. The average molecular weight is 494 g/mol. The molecule has 2 N–H and O–H groups in total. The predicted octanol–water partition coefficient (Wildman–Crippen LogP) is 3.50. The Morgan fingerprint density at radius 2 is 1.79 bits per heavy atom. The molecule has 7 nitrogen and oxygen atoms in total. The van der Waals surface area contributed by atoms with Crippen LogP contribution in [0.2, 0.25) is 0 Å². The van der Waals surface area contributed by atoms with Crippen molar-refractivity contribution >= 4 is 28.3 Å². The SMILES string of the molecule is CCC[C@H](NC(=O)Cc1cc(F)cc(F)c1)C(=O)Nc1nc(C)c(C(C)N2CCN(C)CC2)s1. The molecule has 1 aliphatic heterocycles. The summed E-state index contributed by atoms with van der Waals surface area (Å²) in [7, 11) is 2.12. The largest absolute Gasteiger partial charge is 0.344 e. The van der Waals surface area contributed by atoms with Crippen LogP contribution in [0.4, 0.5) is 13.9 Å². The number of hydrogen-bond acceptors (Lipinski definition) is 6. The monoisotopic (exact) mass is 493 g/mol. The third kappa shape index (κ3) is 7.04. The van der Waals surface area contributed by atoms with Gasteiger partial charge in [0.05, 0.1) is 12.1 Å². The first kappa shape index (κ1) is 26.2. The molecule has 1 unspecified atom stereocenters. The first-order chi connectivity index (χ1) is 16.2. The molecule has 0 spiro atoms. The molecule has 0 aliphatic carbocycles. The van der Waals surface area contributed by atoms with Gasteiger partial charge in [0.1, 0.15) is 17.7 Å². The zero-order chi connectivity index (χ0) is 24.8. The number of amides is 2. The minimum Gasteiger partial charge on any atom is -0.344 e. The van der Waals surface area contributed by atoms with Crippen molar-refractivity contribution < 1.29 is 18.4 Å². The summed E-state index contributed by atoms with van der Waals surface area (Å²) >= 11 is 1.46. The van der Waals surface area contributed by atoms with Crippen molar-refractivity contribution in [3.05, 3.63) is 46.0 Å². The van der Waals surface area contributed by atoms with E-state index in [-0.39, 0.29) is 23.9 Å². The first-order valence-corrected chi connectivity index (χ1v) is 12.4. The van der Waals surface area contributed by atoms with Crippen molar-refractivity contribution in [3.8, 4) is 0 Å². The molecule has 0 saturated carbocycles. The molecule has 10 heteroatoms. The lowest BCUT2D eigenvalue weighted by molar-refractivity contribution is -0.126. The van der Waals surface area contributed by atoms with Crippen LogP contribution in [0.25, 0.3) is 0 Å². The van der Waals surface area contributed by atoms with Crippen LogP contribution in [0, 0.1) is 18.6 Å². The molecular formula is C24H33F2N5O2S. The number of anilines is 1. The van der Waals surface area contributed by atoms with Gasteiger partial charge in [-0.3, -0.25) is 14.5 Å². The third-order valence-corrected chi connectivity index (χ3v) is 7.29. The number of hydrogen-bond donors (Lipinski definition) is 2. The van der Waals surface area contributed by atoms with E-state index >= 15 is 0 Å². The molecular weight excluding hydrogens is 460 g/mol. The molecule has 0 bridgehead atoms. The highest BCUT2D eigenvalue weighted by molar-refractivity contribution is 7.16. The molecule has 1 fully saturated rings. The second kappa shape index (κ2) is 11.8. The van der Waals surface area contributed by atoms with Gasteiger partial charge < -0.3 is 15.5 Å². The normalized spacial score (nSPS) is 16.8. The fraction of sp³-hybridized carbons (Fsp3) is 0.542. The number of nitrogens with one attached hydrogen (secondary N) is 2. The third-order valence-electron chi connectivity index (χ3n) is 6.04. The van der Waals surface area contributed by atoms with Gasteiger partial charge >= 0.3 is 0 Å². The molecule has 1 aromatic heterocycles. The zero-order valence-corrected chi connectivity index (χ0v) is 21.0. The first-order valence-electron chi connectivity index (χ1n) is 11.6. The average Bonchev–Trinajstić information content (AvgIpc) is 3.12. The van der Waals surface area contributed by atoms with Crippen molar-refractivity contribution in [2.75, 3.05) is 38.5 Å². The van der Waals surface area contributed by atoms with Crippen LogP contribution in [-0.2, 0) is 16.0 Å². The molecule has 2 amide bonds. The molecule has 2 aromatic rings. The van der Waals surface area contributed by atoms with Gasteiger partial charge in [0, 0.05) is 43.2 Å². The van der Waals surface area contributed by atoms with Gasteiger partial charge in [-0.05, 0) is 45.0 Å². The number of carbonyl (C=O) groups is 2. The highest BCUT2D eigenvalue weighted by Gasteiger charge is 2.26. The van der Waals surface area contributed by atoms with Crippen LogP contribution in [0.3, 0.4) is 0 Å². The van der Waals surface area contributed by atoms with Gasteiger partial charge in [0.25, 0.3) is 0 Å². The number of piperazine rings is 1. The fourth-order valence-electron chi connectivity index (χ4n) is 4.12. The maximum atomic E-state index is 13.4. The van der Waals surface area contributed by atoms with Gasteiger partial charge in [-0.15, -0.1) is 0 Å². The van der Waals surface area contributed by atoms with Crippen molar-refractivity contribution in [2.24, 2.45) is 0 Å². The fourth-order valence-corrected chi connectivity index (χ4v) is 5.17. The molecule has 2 atom stereocenters. The van der Waals surface area contributed by atoms with Crippen molar-refractivity contribution in [1.82, 2.24) is 20.1 Å². The highest BCUT2D eigenvalue weighted by Crippen LogP contribution is 2.32. The van der Waals surface area contributed by atoms with E-state index in [2.05, 4.69) is 39.4 Å². The quantitative estimate of drug-likeness (QED) is 0.559. The number of carbonyl (C=O) groups excluding carboxylic acids is 2. The number of nitrogens with zero attached hydrogens (tertiary/aromatic N) is 3. The summed E-state index contributed by atoms with van der Waals surface area (Å²) in [6, 6.07) is 2.41. The molecule has 2 heterocycles. The maximum Gasteiger partial charge on any atom is 0.248 e. The van der Waals surface area contributed by atoms with Crippen LogP contribution in [0.1, 0.15) is 48.9 Å². The van der Waals surface area contributed by atoms with E-state index in [1.165, 1.54) is 11.3 Å². The Kier molecular flexibility index (Phi) is 9.10. The van der Waals surface area contributed by atoms with Crippen LogP contribution in [0.5, 0.6) is 0 Å². The van der Waals surface area contributed by atoms with E-state index in [4.69, 9.17) is 0 Å². The van der Waals surface area contributed by atoms with E-state index in [9.17, 15) is 18.4 Å². The van der Waals surface area contributed by atoms with E-state index < -0.39 is 23.6 Å². The summed E-state index contributed by atoms with van der Waals surface area (Å²) in [5.74, 6) is -2.32. The maximum absolute atomic E-state index is 13.4. The second-order valence-corrected chi connectivity index (χ2v) is 9.87. The molecule has 34 heavy (non-hydrogen) atoms. The van der Waals surface area contributed by atoms with Crippen molar-refractivity contribution in [1.29, 1.82) is 0 Å². The van der Waals surface area contributed by atoms with Crippen molar-refractivity contribution in [3.63, 3.8) is 0 Å². The van der Waals surface area contributed by atoms with Crippen LogP contribution < -0.4 is 10.6 Å². The number of halogens is 2. The Bertz CT molecular complexity index is 987. The standard InChI is InChI=1S/C24H33F2N5O2S/c1-5-6-20(28-21(32)13-17-11-18(25)14-19(26)12-17)23(33)29-24-27-15(2)22(34-24)16(3)31-9-7-30(4)8-10-31/h11-12,14,16,20H,5-10,13H2,1-4H3,(H,28,32)(H,27,29,33)/t16?,20-/m0/s1. The minimum atomic E-state index is -0.765. The van der Waals surface area contributed by atoms with Crippen molar-refractivity contribution in [2.45, 2.75) is 52.1 Å². The van der Waals surface area contributed by atoms with E-state index in [0.717, 1.165) is 54.9 Å². The summed E-state index contributed by atoms with van der Waals surface area (Å²) in [5, 5.41) is 6.04. The second-order valence-electron chi connectivity index (χ2n) is 8.84. The van der Waals surface area contributed by atoms with E-state index in [1.807, 2.05) is 13.8 Å². The number of aromatic nitrogens is 1. The van der Waals surface area contributed by atoms with Crippen LogP contribution in [-0.4, -0.2) is 65.9 Å². The van der Waals surface area contributed by atoms with Gasteiger partial charge in [-0.2, -0.15) is 0 Å². The molecule has 1 aliphatic rings. The molecule has 1 aromatic carbocycles. The van der Waals surface area contributed by atoms with Crippen LogP contribution >= 0.6 is 11.3 Å². The molecule has 186 valence electrons. The lowest BCUT2D eigenvalue weighted by Crippen LogP contribution is -2.45. The summed E-state index contributed by atoms with van der Waals surface area (Å²) in [4.78, 5) is 35.8. The molecule has 1 saturated heterocycles. The summed E-state index contributed by atoms with van der Waals surface area (Å²) in [5.41, 5.74) is 1.10. The minimum absolute atomic E-state index is 0.203. The highest BCUT2D eigenvalue weighted by atomic mass is 32.1. The Morgan fingerprint density at radius 1 is 1.15 bits per heavy atom. The summed E-state index contributed by atoms with van der Waals surface area (Å²) in [6.07, 6.45) is 0.894. The Morgan fingerprint density at radius 3 is 2.41 bits per heavy atom. The lowest BCUT2D eigenvalue weighted by atomic mass is 10.1. The number of aryl methyl sites for hydroxylation is 1. The Balaban J connectivity index is 1.62. The van der Waals surface area contributed by atoms with Gasteiger partial charge in [-0.1, -0.05) is 24.7 Å². The molecule has 0 radical (unpaired) electrons. The number of thiazole rings is 1. The Labute approximate surface area is 203 Å². The predicted molar refractivity (Wildman–Crippen MR) is 130 cm³/mol.